The number of nitrogens with zero attached hydrogens (tertiary/aromatic N) is 2. The van der Waals surface area contributed by atoms with Crippen molar-refractivity contribution in [2.24, 2.45) is 0 Å². The molecule has 6 heteroatoms. The summed E-state index contributed by atoms with van der Waals surface area (Å²) in [7, 11) is 0. The van der Waals surface area contributed by atoms with Crippen molar-refractivity contribution in [3.05, 3.63) is 30.1 Å². The van der Waals surface area contributed by atoms with Gasteiger partial charge in [0.15, 0.2) is 0 Å². The van der Waals surface area contributed by atoms with Crippen LogP contribution < -0.4 is 5.32 Å². The second-order valence-corrected chi connectivity index (χ2v) is 7.70. The molecule has 2 amide bonds. The smallest absolute Gasteiger partial charge is 0.319 e. The number of halogens is 1. The van der Waals surface area contributed by atoms with Crippen LogP contribution in [0, 0.1) is 5.82 Å². The summed E-state index contributed by atoms with van der Waals surface area (Å²) < 4.78 is 13.8. The van der Waals surface area contributed by atoms with Gasteiger partial charge in [-0.1, -0.05) is 18.6 Å². The largest absolute Gasteiger partial charge is 0.322 e. The van der Waals surface area contributed by atoms with Crippen molar-refractivity contribution < 1.29 is 9.18 Å². The standard InChI is InChI=1S/C18H26FN3OS/c19-16-7-2-3-8-17(16)20-18(23)22-11-6-12-24-14-15(22)13-21-9-4-1-5-10-21/h2-3,7-8,15H,1,4-6,9-14H2,(H,20,23). The number of piperidine rings is 1. The molecule has 0 bridgehead atoms. The van der Waals surface area contributed by atoms with Crippen LogP contribution in [0.5, 0.6) is 0 Å². The molecule has 2 aliphatic heterocycles. The molecule has 0 spiro atoms. The van der Waals surface area contributed by atoms with Crippen LogP contribution in [-0.4, -0.2) is 59.6 Å². The minimum absolute atomic E-state index is 0.176. The minimum Gasteiger partial charge on any atom is -0.319 e. The number of anilines is 1. The van der Waals surface area contributed by atoms with Crippen LogP contribution >= 0.6 is 11.8 Å². The minimum atomic E-state index is -0.386. The molecule has 132 valence electrons. The summed E-state index contributed by atoms with van der Waals surface area (Å²) in [4.78, 5) is 17.1. The number of rotatable bonds is 3. The Labute approximate surface area is 147 Å². The van der Waals surface area contributed by atoms with Gasteiger partial charge < -0.3 is 15.1 Å². The van der Waals surface area contributed by atoms with Gasteiger partial charge in [-0.3, -0.25) is 0 Å². The van der Waals surface area contributed by atoms with Crippen molar-refractivity contribution in [3.8, 4) is 0 Å². The fraction of sp³-hybridized carbons (Fsp3) is 0.611. The molecule has 3 rings (SSSR count). The molecule has 1 unspecified atom stereocenters. The monoisotopic (exact) mass is 351 g/mol. The highest BCUT2D eigenvalue weighted by molar-refractivity contribution is 7.99. The van der Waals surface area contributed by atoms with E-state index < -0.39 is 0 Å². The number of carbonyl (C=O) groups excluding carboxylic acids is 1. The quantitative estimate of drug-likeness (QED) is 0.903. The number of para-hydroxylation sites is 1. The van der Waals surface area contributed by atoms with Crippen LogP contribution in [0.1, 0.15) is 25.7 Å². The molecule has 24 heavy (non-hydrogen) atoms. The Kier molecular flexibility index (Phi) is 6.37. The van der Waals surface area contributed by atoms with Gasteiger partial charge in [-0.2, -0.15) is 11.8 Å². The van der Waals surface area contributed by atoms with Gasteiger partial charge in [0.05, 0.1) is 11.7 Å². The highest BCUT2D eigenvalue weighted by Gasteiger charge is 2.28. The van der Waals surface area contributed by atoms with Gasteiger partial charge in [-0.25, -0.2) is 9.18 Å². The van der Waals surface area contributed by atoms with Crippen molar-refractivity contribution in [2.45, 2.75) is 31.7 Å². The Morgan fingerprint density at radius 2 is 1.96 bits per heavy atom. The van der Waals surface area contributed by atoms with Gasteiger partial charge in [0, 0.05) is 18.8 Å². The summed E-state index contributed by atoms with van der Waals surface area (Å²) in [5.41, 5.74) is 0.260. The summed E-state index contributed by atoms with van der Waals surface area (Å²) in [6, 6.07) is 6.37. The van der Waals surface area contributed by atoms with Crippen molar-refractivity contribution in [1.82, 2.24) is 9.80 Å². The number of amides is 2. The number of nitrogens with one attached hydrogen (secondary N) is 1. The van der Waals surface area contributed by atoms with Gasteiger partial charge in [-0.05, 0) is 50.2 Å². The van der Waals surface area contributed by atoms with Gasteiger partial charge in [0.1, 0.15) is 5.82 Å². The first kappa shape index (κ1) is 17.5. The molecule has 4 nitrogen and oxygen atoms in total. The Morgan fingerprint density at radius 3 is 2.75 bits per heavy atom. The van der Waals surface area contributed by atoms with E-state index in [1.807, 2.05) is 16.7 Å². The van der Waals surface area contributed by atoms with E-state index in [2.05, 4.69) is 10.2 Å². The zero-order valence-corrected chi connectivity index (χ0v) is 14.9. The molecule has 1 atom stereocenters. The molecule has 0 aliphatic carbocycles. The lowest BCUT2D eigenvalue weighted by Gasteiger charge is -2.35. The molecular formula is C18H26FN3OS. The Hall–Kier alpha value is -1.27. The van der Waals surface area contributed by atoms with E-state index in [0.29, 0.717) is 0 Å². The highest BCUT2D eigenvalue weighted by atomic mass is 32.2. The summed E-state index contributed by atoms with van der Waals surface area (Å²) in [6.45, 7) is 3.93. The summed E-state index contributed by atoms with van der Waals surface area (Å²) in [5.74, 6) is 1.66. The predicted octanol–water partition coefficient (Wildman–Crippen LogP) is 3.65. The average molecular weight is 351 g/mol. The fourth-order valence-electron chi connectivity index (χ4n) is 3.44. The Bertz CT molecular complexity index is 551. The number of benzene rings is 1. The zero-order chi connectivity index (χ0) is 16.8. The number of hydrogen-bond donors (Lipinski definition) is 1. The van der Waals surface area contributed by atoms with E-state index in [1.54, 1.807) is 18.2 Å². The van der Waals surface area contributed by atoms with Crippen LogP contribution in [0.3, 0.4) is 0 Å². The molecule has 2 saturated heterocycles. The van der Waals surface area contributed by atoms with Crippen LogP contribution in [0.25, 0.3) is 0 Å². The Morgan fingerprint density at radius 1 is 1.17 bits per heavy atom. The van der Waals surface area contributed by atoms with Crippen molar-refractivity contribution in [1.29, 1.82) is 0 Å². The molecule has 2 fully saturated rings. The fourth-order valence-corrected chi connectivity index (χ4v) is 4.49. The summed E-state index contributed by atoms with van der Waals surface area (Å²) in [6.07, 6.45) is 4.81. The SMILES string of the molecule is O=C(Nc1ccccc1F)N1CCCSCC1CN1CCCCC1. The molecule has 1 aromatic rings. The van der Waals surface area contributed by atoms with E-state index in [9.17, 15) is 9.18 Å². The molecule has 2 heterocycles. The predicted molar refractivity (Wildman–Crippen MR) is 98.1 cm³/mol. The van der Waals surface area contributed by atoms with Crippen molar-refractivity contribution >= 4 is 23.5 Å². The third kappa shape index (κ3) is 4.63. The topological polar surface area (TPSA) is 35.6 Å². The first-order valence-electron chi connectivity index (χ1n) is 8.86. The van der Waals surface area contributed by atoms with Crippen LogP contribution in [0.4, 0.5) is 14.9 Å². The van der Waals surface area contributed by atoms with Gasteiger partial charge in [-0.15, -0.1) is 0 Å². The molecule has 0 aromatic heterocycles. The van der Waals surface area contributed by atoms with E-state index in [0.717, 1.165) is 44.1 Å². The highest BCUT2D eigenvalue weighted by Crippen LogP contribution is 2.21. The number of carbonyl (C=O) groups is 1. The molecule has 1 N–H and O–H groups in total. The second-order valence-electron chi connectivity index (χ2n) is 6.55. The van der Waals surface area contributed by atoms with E-state index in [4.69, 9.17) is 0 Å². The number of likely N-dealkylation sites (tertiary alicyclic amines) is 1. The lowest BCUT2D eigenvalue weighted by Crippen LogP contribution is -2.50. The molecular weight excluding hydrogens is 325 g/mol. The van der Waals surface area contributed by atoms with E-state index in [1.165, 1.54) is 25.3 Å². The molecule has 1 aromatic carbocycles. The summed E-state index contributed by atoms with van der Waals surface area (Å²) >= 11 is 1.92. The molecule has 0 radical (unpaired) electrons. The van der Waals surface area contributed by atoms with Crippen LogP contribution in [0.2, 0.25) is 0 Å². The maximum Gasteiger partial charge on any atom is 0.322 e. The Balaban J connectivity index is 1.66. The lowest BCUT2D eigenvalue weighted by molar-refractivity contribution is 0.151. The van der Waals surface area contributed by atoms with Crippen LogP contribution in [0.15, 0.2) is 24.3 Å². The number of hydrogen-bond acceptors (Lipinski definition) is 3. The van der Waals surface area contributed by atoms with Crippen LogP contribution in [-0.2, 0) is 0 Å². The normalized spacial score (nSPS) is 22.9. The number of thioether (sulfide) groups is 1. The van der Waals surface area contributed by atoms with Gasteiger partial charge in [0.2, 0.25) is 0 Å². The van der Waals surface area contributed by atoms with Crippen molar-refractivity contribution in [3.63, 3.8) is 0 Å². The second kappa shape index (κ2) is 8.72. The van der Waals surface area contributed by atoms with Crippen molar-refractivity contribution in [2.75, 3.05) is 43.0 Å². The van der Waals surface area contributed by atoms with Gasteiger partial charge in [0.25, 0.3) is 0 Å². The van der Waals surface area contributed by atoms with Gasteiger partial charge >= 0.3 is 6.03 Å². The third-order valence-corrected chi connectivity index (χ3v) is 5.93. The number of urea groups is 1. The molecule has 0 saturated carbocycles. The lowest BCUT2D eigenvalue weighted by atomic mass is 10.1. The van der Waals surface area contributed by atoms with E-state index >= 15 is 0 Å². The third-order valence-electron chi connectivity index (χ3n) is 4.73. The first-order chi connectivity index (χ1) is 11.7. The zero-order valence-electron chi connectivity index (χ0n) is 14.0. The first-order valence-corrected chi connectivity index (χ1v) is 10.0. The molecule has 2 aliphatic rings. The van der Waals surface area contributed by atoms with E-state index in [-0.39, 0.29) is 23.6 Å². The maximum absolute atomic E-state index is 13.8. The maximum atomic E-state index is 13.8. The average Bonchev–Trinajstić information content (AvgIpc) is 2.83. The summed E-state index contributed by atoms with van der Waals surface area (Å²) in [5, 5.41) is 2.76.